The number of rotatable bonds is 3. The van der Waals surface area contributed by atoms with Gasteiger partial charge in [0.25, 0.3) is 5.69 Å². The molecule has 5 rings (SSSR count). The molecule has 1 aromatic rings. The van der Waals surface area contributed by atoms with E-state index in [9.17, 15) is 10.1 Å². The maximum Gasteiger partial charge on any atom is 0.269 e. The normalized spacial score (nSPS) is 38.9. The molecule has 0 radical (unpaired) electrons. The fourth-order valence-corrected chi connectivity index (χ4v) is 5.85. The summed E-state index contributed by atoms with van der Waals surface area (Å²) in [4.78, 5) is 10.5. The summed E-state index contributed by atoms with van der Waals surface area (Å²) < 4.78 is 0. The Morgan fingerprint density at radius 1 is 1.18 bits per heavy atom. The van der Waals surface area contributed by atoms with Crippen LogP contribution in [0.5, 0.6) is 0 Å². The van der Waals surface area contributed by atoms with Crippen LogP contribution in [0, 0.1) is 32.8 Å². The summed E-state index contributed by atoms with van der Waals surface area (Å²) >= 11 is 0. The van der Waals surface area contributed by atoms with E-state index in [0.717, 1.165) is 32.1 Å². The summed E-state index contributed by atoms with van der Waals surface area (Å²) in [6.45, 7) is 0. The molecule has 3 N–H and O–H groups in total. The average molecular weight is 299 g/mol. The zero-order valence-electron chi connectivity index (χ0n) is 12.5. The molecule has 0 aliphatic heterocycles. The van der Waals surface area contributed by atoms with E-state index in [1.165, 1.54) is 12.0 Å². The molecule has 0 saturated heterocycles. The standard InChI is InChI=1S/C17H21N3O2/c18-15(19)17-8-11-5-12(9-17)7-16(6-11,10-17)13-1-3-14(4-2-13)20(21)22/h1-4,11-12H,5-10H2,(H3,18,19). The number of nitrogens with zero attached hydrogens (tertiary/aromatic N) is 1. The van der Waals surface area contributed by atoms with Crippen molar-refractivity contribution < 1.29 is 4.92 Å². The van der Waals surface area contributed by atoms with Crippen molar-refractivity contribution in [2.45, 2.75) is 43.9 Å². The molecule has 4 aliphatic carbocycles. The van der Waals surface area contributed by atoms with Gasteiger partial charge >= 0.3 is 0 Å². The number of benzene rings is 1. The number of nitrogens with two attached hydrogens (primary N) is 1. The van der Waals surface area contributed by atoms with Crippen LogP contribution in [0.4, 0.5) is 5.69 Å². The first-order valence-corrected chi connectivity index (χ1v) is 8.02. The van der Waals surface area contributed by atoms with Gasteiger partial charge in [-0.2, -0.15) is 0 Å². The third kappa shape index (κ3) is 1.81. The molecule has 4 fully saturated rings. The zero-order valence-corrected chi connectivity index (χ0v) is 12.5. The van der Waals surface area contributed by atoms with Crippen LogP contribution in [-0.4, -0.2) is 10.8 Å². The van der Waals surface area contributed by atoms with E-state index < -0.39 is 0 Å². The Labute approximate surface area is 129 Å². The lowest BCUT2D eigenvalue weighted by Gasteiger charge is -2.62. The average Bonchev–Trinajstić information content (AvgIpc) is 2.46. The highest BCUT2D eigenvalue weighted by Crippen LogP contribution is 2.65. The minimum Gasteiger partial charge on any atom is -0.387 e. The van der Waals surface area contributed by atoms with Crippen LogP contribution < -0.4 is 5.73 Å². The lowest BCUT2D eigenvalue weighted by molar-refractivity contribution is -0.384. The molecular formula is C17H21N3O2. The van der Waals surface area contributed by atoms with Gasteiger partial charge in [0.1, 0.15) is 0 Å². The Balaban J connectivity index is 1.74. The first kappa shape index (κ1) is 13.7. The van der Waals surface area contributed by atoms with Crippen LogP contribution in [0.25, 0.3) is 0 Å². The number of hydrogen-bond acceptors (Lipinski definition) is 3. The molecule has 2 unspecified atom stereocenters. The number of amidine groups is 1. The molecule has 4 saturated carbocycles. The van der Waals surface area contributed by atoms with Crippen LogP contribution in [-0.2, 0) is 5.41 Å². The van der Waals surface area contributed by atoms with Crippen LogP contribution in [0.3, 0.4) is 0 Å². The molecule has 5 nitrogen and oxygen atoms in total. The van der Waals surface area contributed by atoms with Crippen molar-refractivity contribution in [3.63, 3.8) is 0 Å². The zero-order chi connectivity index (χ0) is 15.5. The van der Waals surface area contributed by atoms with E-state index in [-0.39, 0.29) is 21.4 Å². The molecule has 4 bridgehead atoms. The van der Waals surface area contributed by atoms with Gasteiger partial charge in [0.2, 0.25) is 0 Å². The first-order chi connectivity index (χ1) is 10.4. The highest BCUT2D eigenvalue weighted by atomic mass is 16.6. The van der Waals surface area contributed by atoms with Crippen molar-refractivity contribution in [1.29, 1.82) is 5.41 Å². The SMILES string of the molecule is N=C(N)C12CC3CC(C1)CC(c1ccc([N+](=O)[O-])cc1)(C3)C2. The molecule has 0 heterocycles. The summed E-state index contributed by atoms with van der Waals surface area (Å²) in [5, 5.41) is 19.0. The maximum atomic E-state index is 10.9. The van der Waals surface area contributed by atoms with Crippen molar-refractivity contribution in [2.24, 2.45) is 23.0 Å². The summed E-state index contributed by atoms with van der Waals surface area (Å²) in [5.41, 5.74) is 7.30. The number of nitro benzene ring substituents is 1. The van der Waals surface area contributed by atoms with Crippen molar-refractivity contribution in [3.8, 4) is 0 Å². The van der Waals surface area contributed by atoms with E-state index in [0.29, 0.717) is 17.7 Å². The second-order valence-corrected chi connectivity index (χ2v) is 7.74. The number of non-ortho nitro benzene ring substituents is 1. The largest absolute Gasteiger partial charge is 0.387 e. The number of nitro groups is 1. The van der Waals surface area contributed by atoms with Gasteiger partial charge in [0.15, 0.2) is 0 Å². The molecule has 5 heteroatoms. The summed E-state index contributed by atoms with van der Waals surface area (Å²) in [6, 6.07) is 7.10. The molecule has 1 aromatic carbocycles. The summed E-state index contributed by atoms with van der Waals surface area (Å²) in [5.74, 6) is 1.66. The fourth-order valence-electron chi connectivity index (χ4n) is 5.85. The minimum atomic E-state index is -0.347. The van der Waals surface area contributed by atoms with Crippen LogP contribution in [0.2, 0.25) is 0 Å². The van der Waals surface area contributed by atoms with Gasteiger partial charge in [-0.15, -0.1) is 0 Å². The maximum absolute atomic E-state index is 10.9. The van der Waals surface area contributed by atoms with Gasteiger partial charge in [0, 0.05) is 17.5 Å². The van der Waals surface area contributed by atoms with E-state index in [4.69, 9.17) is 11.1 Å². The van der Waals surface area contributed by atoms with Gasteiger partial charge < -0.3 is 5.73 Å². The smallest absolute Gasteiger partial charge is 0.269 e. The lowest BCUT2D eigenvalue weighted by Crippen LogP contribution is -2.58. The summed E-state index contributed by atoms with van der Waals surface area (Å²) in [6.07, 6.45) is 6.64. The van der Waals surface area contributed by atoms with E-state index in [2.05, 4.69) is 0 Å². The Morgan fingerprint density at radius 3 is 2.27 bits per heavy atom. The van der Waals surface area contributed by atoms with Gasteiger partial charge in [-0.05, 0) is 61.3 Å². The van der Waals surface area contributed by atoms with Crippen LogP contribution in [0.1, 0.15) is 44.1 Å². The Hall–Kier alpha value is -1.91. The van der Waals surface area contributed by atoms with Gasteiger partial charge in [-0.1, -0.05) is 12.1 Å². The molecule has 4 aliphatic rings. The predicted octanol–water partition coefficient (Wildman–Crippen LogP) is 3.37. The summed E-state index contributed by atoms with van der Waals surface area (Å²) in [7, 11) is 0. The monoisotopic (exact) mass is 299 g/mol. The molecule has 116 valence electrons. The van der Waals surface area contributed by atoms with E-state index in [1.54, 1.807) is 12.1 Å². The van der Waals surface area contributed by atoms with Crippen molar-refractivity contribution in [2.75, 3.05) is 0 Å². The molecule has 0 spiro atoms. The highest BCUT2D eigenvalue weighted by Gasteiger charge is 2.59. The van der Waals surface area contributed by atoms with Gasteiger partial charge in [0.05, 0.1) is 10.8 Å². The van der Waals surface area contributed by atoms with Gasteiger partial charge in [-0.25, -0.2) is 0 Å². The lowest BCUT2D eigenvalue weighted by atomic mass is 9.42. The second-order valence-electron chi connectivity index (χ2n) is 7.74. The molecule has 22 heavy (non-hydrogen) atoms. The van der Waals surface area contributed by atoms with Crippen LogP contribution in [0.15, 0.2) is 24.3 Å². The second kappa shape index (κ2) is 4.31. The highest BCUT2D eigenvalue weighted by molar-refractivity contribution is 5.84. The molecule has 0 amide bonds. The van der Waals surface area contributed by atoms with Crippen molar-refractivity contribution in [3.05, 3.63) is 39.9 Å². The number of hydrogen-bond donors (Lipinski definition) is 2. The van der Waals surface area contributed by atoms with Crippen molar-refractivity contribution in [1.82, 2.24) is 0 Å². The Bertz CT molecular complexity index is 638. The predicted molar refractivity (Wildman–Crippen MR) is 83.8 cm³/mol. The number of nitrogens with one attached hydrogen (secondary N) is 1. The molecule has 2 atom stereocenters. The third-order valence-electron chi connectivity index (χ3n) is 6.32. The third-order valence-corrected chi connectivity index (χ3v) is 6.32. The van der Waals surface area contributed by atoms with Crippen LogP contribution >= 0.6 is 0 Å². The fraction of sp³-hybridized carbons (Fsp3) is 0.588. The van der Waals surface area contributed by atoms with E-state index in [1.807, 2.05) is 12.1 Å². The van der Waals surface area contributed by atoms with Crippen molar-refractivity contribution >= 4 is 11.5 Å². The topological polar surface area (TPSA) is 93.0 Å². The quantitative estimate of drug-likeness (QED) is 0.388. The minimum absolute atomic E-state index is 0.0743. The Kier molecular flexibility index (Phi) is 2.69. The molecular weight excluding hydrogens is 278 g/mol. The van der Waals surface area contributed by atoms with E-state index >= 15 is 0 Å². The molecule has 0 aromatic heterocycles. The van der Waals surface area contributed by atoms with Gasteiger partial charge in [-0.3, -0.25) is 15.5 Å². The Morgan fingerprint density at radius 2 is 1.77 bits per heavy atom. The first-order valence-electron chi connectivity index (χ1n) is 8.02.